The molecule has 0 aliphatic rings. The Labute approximate surface area is 157 Å². The van der Waals surface area contributed by atoms with E-state index in [0.717, 1.165) is 40.4 Å². The predicted octanol–water partition coefficient (Wildman–Crippen LogP) is 5.03. The third kappa shape index (κ3) is 6.48. The molecule has 0 fully saturated rings. The standard InChI is InChI=1S/C21H31N4O/c1-6-15-25(4,5)16-17-26-21-13-9-19(10-14-21)23-22-18-7-11-20(12-8-18)24(2)3/h7-14H,6,15-17H2,1-5H3/q+1. The van der Waals surface area contributed by atoms with E-state index in [9.17, 15) is 0 Å². The summed E-state index contributed by atoms with van der Waals surface area (Å²) in [5, 5.41) is 8.57. The molecular formula is C21H31N4O+. The maximum Gasteiger partial charge on any atom is 0.137 e. The van der Waals surface area contributed by atoms with Crippen molar-refractivity contribution in [1.29, 1.82) is 0 Å². The summed E-state index contributed by atoms with van der Waals surface area (Å²) in [6.45, 7) is 5.09. The van der Waals surface area contributed by atoms with Gasteiger partial charge < -0.3 is 14.1 Å². The molecule has 26 heavy (non-hydrogen) atoms. The van der Waals surface area contributed by atoms with Gasteiger partial charge in [0, 0.05) is 19.8 Å². The largest absolute Gasteiger partial charge is 0.488 e. The number of hydrogen-bond acceptors (Lipinski definition) is 4. The maximum atomic E-state index is 5.85. The first-order chi connectivity index (χ1) is 12.4. The van der Waals surface area contributed by atoms with E-state index >= 15 is 0 Å². The fourth-order valence-corrected chi connectivity index (χ4v) is 2.67. The molecule has 0 saturated carbocycles. The van der Waals surface area contributed by atoms with E-state index in [1.807, 2.05) is 62.6 Å². The van der Waals surface area contributed by atoms with E-state index < -0.39 is 0 Å². The van der Waals surface area contributed by atoms with Crippen molar-refractivity contribution in [3.63, 3.8) is 0 Å². The third-order valence-corrected chi connectivity index (χ3v) is 4.28. The van der Waals surface area contributed by atoms with Crippen molar-refractivity contribution in [1.82, 2.24) is 0 Å². The molecule has 0 radical (unpaired) electrons. The Balaban J connectivity index is 1.86. The number of hydrogen-bond donors (Lipinski definition) is 0. The predicted molar refractivity (Wildman–Crippen MR) is 109 cm³/mol. The van der Waals surface area contributed by atoms with Gasteiger partial charge in [-0.2, -0.15) is 10.2 Å². The molecule has 0 amide bonds. The summed E-state index contributed by atoms with van der Waals surface area (Å²) in [4.78, 5) is 2.06. The molecule has 2 rings (SSSR count). The minimum absolute atomic E-state index is 0.714. The van der Waals surface area contributed by atoms with E-state index in [2.05, 4.69) is 36.1 Å². The summed E-state index contributed by atoms with van der Waals surface area (Å²) in [6.07, 6.45) is 1.19. The lowest BCUT2D eigenvalue weighted by atomic mass is 10.3. The number of likely N-dealkylation sites (N-methyl/N-ethyl adjacent to an activating group) is 1. The van der Waals surface area contributed by atoms with Gasteiger partial charge in [0.25, 0.3) is 0 Å². The van der Waals surface area contributed by atoms with Crippen LogP contribution in [0.5, 0.6) is 5.75 Å². The van der Waals surface area contributed by atoms with Crippen LogP contribution in [0.25, 0.3) is 0 Å². The Kier molecular flexibility index (Phi) is 7.16. The molecule has 5 nitrogen and oxygen atoms in total. The molecule has 0 aromatic heterocycles. The van der Waals surface area contributed by atoms with Crippen LogP contribution < -0.4 is 9.64 Å². The van der Waals surface area contributed by atoms with Gasteiger partial charge in [0.1, 0.15) is 18.9 Å². The number of ether oxygens (including phenoxy) is 1. The molecule has 0 atom stereocenters. The number of rotatable bonds is 9. The first kappa shape index (κ1) is 19.9. The molecule has 0 bridgehead atoms. The summed E-state index contributed by atoms with van der Waals surface area (Å²) in [7, 11) is 8.51. The van der Waals surface area contributed by atoms with E-state index in [-0.39, 0.29) is 0 Å². The molecule has 2 aromatic carbocycles. The fourth-order valence-electron chi connectivity index (χ4n) is 2.67. The molecular weight excluding hydrogens is 324 g/mol. The average Bonchev–Trinajstić information content (AvgIpc) is 2.61. The van der Waals surface area contributed by atoms with Gasteiger partial charge in [-0.1, -0.05) is 6.92 Å². The molecule has 0 spiro atoms. The van der Waals surface area contributed by atoms with Gasteiger partial charge in [-0.05, 0) is 55.0 Å². The normalized spacial score (nSPS) is 11.7. The zero-order valence-corrected chi connectivity index (χ0v) is 16.6. The van der Waals surface area contributed by atoms with Crippen LogP contribution in [0.3, 0.4) is 0 Å². The maximum absolute atomic E-state index is 5.85. The van der Waals surface area contributed by atoms with Crippen LogP contribution in [0.1, 0.15) is 13.3 Å². The lowest BCUT2D eigenvalue weighted by molar-refractivity contribution is -0.890. The van der Waals surface area contributed by atoms with Gasteiger partial charge in [0.05, 0.1) is 32.0 Å². The second-order valence-electron chi connectivity index (χ2n) is 7.34. The van der Waals surface area contributed by atoms with Crippen LogP contribution >= 0.6 is 0 Å². The molecule has 0 unspecified atom stereocenters. The molecule has 0 N–H and O–H groups in total. The smallest absolute Gasteiger partial charge is 0.137 e. The first-order valence-electron chi connectivity index (χ1n) is 9.13. The second kappa shape index (κ2) is 9.34. The minimum atomic E-state index is 0.714. The van der Waals surface area contributed by atoms with Crippen molar-refractivity contribution in [2.24, 2.45) is 10.2 Å². The number of azo groups is 1. The minimum Gasteiger partial charge on any atom is -0.488 e. The van der Waals surface area contributed by atoms with Gasteiger partial charge >= 0.3 is 0 Å². The monoisotopic (exact) mass is 355 g/mol. The SMILES string of the molecule is CCC[N+](C)(C)CCOc1ccc(N=Nc2ccc(N(C)C)cc2)cc1. The first-order valence-corrected chi connectivity index (χ1v) is 9.13. The van der Waals surface area contributed by atoms with Gasteiger partial charge in [-0.25, -0.2) is 0 Å². The van der Waals surface area contributed by atoms with Crippen LogP contribution in [0.15, 0.2) is 58.8 Å². The Hall–Kier alpha value is -2.40. The zero-order chi connectivity index (χ0) is 19.0. The highest BCUT2D eigenvalue weighted by Crippen LogP contribution is 2.23. The van der Waals surface area contributed by atoms with Crippen molar-refractivity contribution in [2.45, 2.75) is 13.3 Å². The van der Waals surface area contributed by atoms with Crippen LogP contribution in [0.2, 0.25) is 0 Å². The summed E-state index contributed by atoms with van der Waals surface area (Å²) in [5.74, 6) is 0.871. The van der Waals surface area contributed by atoms with Crippen LogP contribution in [-0.2, 0) is 0 Å². The Bertz CT molecular complexity index is 691. The van der Waals surface area contributed by atoms with Crippen LogP contribution in [-0.4, -0.2) is 52.4 Å². The van der Waals surface area contributed by atoms with Crippen molar-refractivity contribution in [3.05, 3.63) is 48.5 Å². The highest BCUT2D eigenvalue weighted by Gasteiger charge is 2.13. The summed E-state index contributed by atoms with van der Waals surface area (Å²) in [5.41, 5.74) is 2.80. The van der Waals surface area contributed by atoms with Gasteiger partial charge in [-0.15, -0.1) is 0 Å². The summed E-state index contributed by atoms with van der Waals surface area (Å²) in [6, 6.07) is 15.7. The topological polar surface area (TPSA) is 37.2 Å². The molecule has 0 aliphatic carbocycles. The van der Waals surface area contributed by atoms with Crippen LogP contribution in [0.4, 0.5) is 17.1 Å². The van der Waals surface area contributed by atoms with Gasteiger partial charge in [-0.3, -0.25) is 0 Å². The highest BCUT2D eigenvalue weighted by atomic mass is 16.5. The summed E-state index contributed by atoms with van der Waals surface area (Å²) >= 11 is 0. The zero-order valence-electron chi connectivity index (χ0n) is 16.6. The van der Waals surface area contributed by atoms with E-state index in [0.29, 0.717) is 6.61 Å². The highest BCUT2D eigenvalue weighted by molar-refractivity contribution is 5.52. The lowest BCUT2D eigenvalue weighted by Crippen LogP contribution is -2.43. The Morgan fingerprint density at radius 3 is 1.88 bits per heavy atom. The van der Waals surface area contributed by atoms with Crippen molar-refractivity contribution in [2.75, 3.05) is 52.8 Å². The number of benzene rings is 2. The average molecular weight is 356 g/mol. The summed E-state index contributed by atoms with van der Waals surface area (Å²) < 4.78 is 6.83. The second-order valence-corrected chi connectivity index (χ2v) is 7.34. The quantitative estimate of drug-likeness (QED) is 0.467. The lowest BCUT2D eigenvalue weighted by Gasteiger charge is -2.29. The Morgan fingerprint density at radius 2 is 1.38 bits per heavy atom. The third-order valence-electron chi connectivity index (χ3n) is 4.28. The molecule has 0 heterocycles. The number of nitrogens with zero attached hydrogens (tertiary/aromatic N) is 4. The molecule has 140 valence electrons. The van der Waals surface area contributed by atoms with E-state index in [4.69, 9.17) is 4.74 Å². The molecule has 0 aliphatic heterocycles. The van der Waals surface area contributed by atoms with Gasteiger partial charge in [0.15, 0.2) is 0 Å². The van der Waals surface area contributed by atoms with Crippen molar-refractivity contribution in [3.8, 4) is 5.75 Å². The number of quaternary nitrogens is 1. The fraction of sp³-hybridized carbons (Fsp3) is 0.429. The van der Waals surface area contributed by atoms with E-state index in [1.165, 1.54) is 6.42 Å². The molecule has 0 saturated heterocycles. The van der Waals surface area contributed by atoms with Crippen molar-refractivity contribution < 1.29 is 9.22 Å². The van der Waals surface area contributed by atoms with E-state index in [1.54, 1.807) is 0 Å². The molecule has 5 heteroatoms. The van der Waals surface area contributed by atoms with Crippen molar-refractivity contribution >= 4 is 17.1 Å². The molecule has 2 aromatic rings. The van der Waals surface area contributed by atoms with Crippen LogP contribution in [0, 0.1) is 0 Å². The van der Waals surface area contributed by atoms with Gasteiger partial charge in [0.2, 0.25) is 0 Å². The Morgan fingerprint density at radius 1 is 0.846 bits per heavy atom. The number of anilines is 1.